The fraction of sp³-hybridized carbons (Fsp3) is 0.950. The van der Waals surface area contributed by atoms with Crippen molar-refractivity contribution in [2.75, 3.05) is 40.0 Å². The Bertz CT molecular complexity index is 549. The zero-order valence-corrected chi connectivity index (χ0v) is 18.7. The van der Waals surface area contributed by atoms with E-state index in [-0.39, 0.29) is 36.2 Å². The summed E-state index contributed by atoms with van der Waals surface area (Å²) in [4.78, 5) is 7.05. The molecule has 0 aromatic rings. The standard InChI is InChI=1S/C20H33N3O3.HI/c1-21-19(23-9-12-25-16(13-23)15-5-4-10-24-15)22-17-14-6-11-26-18(14)20(17)7-2-3-8-20;/h14-18H,2-13H2,1H3,(H,21,22);1H. The van der Waals surface area contributed by atoms with Crippen molar-refractivity contribution in [1.29, 1.82) is 0 Å². The molecule has 0 radical (unpaired) electrons. The van der Waals surface area contributed by atoms with Gasteiger partial charge >= 0.3 is 0 Å². The van der Waals surface area contributed by atoms with E-state index in [2.05, 4.69) is 15.2 Å². The van der Waals surface area contributed by atoms with Gasteiger partial charge in [-0.25, -0.2) is 0 Å². The molecular formula is C20H34IN3O3. The molecular weight excluding hydrogens is 457 g/mol. The molecule has 27 heavy (non-hydrogen) atoms. The van der Waals surface area contributed by atoms with Crippen LogP contribution in [0.5, 0.6) is 0 Å². The van der Waals surface area contributed by atoms with Gasteiger partial charge in [0.15, 0.2) is 5.96 Å². The largest absolute Gasteiger partial charge is 0.377 e. The highest BCUT2D eigenvalue weighted by molar-refractivity contribution is 14.0. The lowest BCUT2D eigenvalue weighted by molar-refractivity contribution is -0.126. The molecule has 0 bridgehead atoms. The lowest BCUT2D eigenvalue weighted by Gasteiger charge is -2.57. The van der Waals surface area contributed by atoms with Crippen molar-refractivity contribution in [2.45, 2.75) is 69.3 Å². The summed E-state index contributed by atoms with van der Waals surface area (Å²) in [5.74, 6) is 1.72. The molecule has 5 atom stereocenters. The van der Waals surface area contributed by atoms with Gasteiger partial charge in [0.25, 0.3) is 0 Å². The number of aliphatic imine (C=N–C) groups is 1. The molecule has 7 heteroatoms. The SMILES string of the molecule is CN=C(NC1C2CCOC2C12CCCC2)N1CCOC(C2CCCO2)C1.I. The quantitative estimate of drug-likeness (QED) is 0.366. The van der Waals surface area contributed by atoms with Crippen LogP contribution in [0.2, 0.25) is 0 Å². The summed E-state index contributed by atoms with van der Waals surface area (Å²) in [6, 6.07) is 0.528. The predicted octanol–water partition coefficient (Wildman–Crippen LogP) is 2.41. The lowest BCUT2D eigenvalue weighted by atomic mass is 9.54. The van der Waals surface area contributed by atoms with Crippen molar-refractivity contribution >= 4 is 29.9 Å². The summed E-state index contributed by atoms with van der Waals surface area (Å²) in [5, 5.41) is 3.89. The van der Waals surface area contributed by atoms with Crippen LogP contribution in [0.1, 0.15) is 44.9 Å². The highest BCUT2D eigenvalue weighted by Crippen LogP contribution is 2.60. The molecule has 6 nitrogen and oxygen atoms in total. The molecule has 3 saturated heterocycles. The third-order valence-corrected chi connectivity index (χ3v) is 7.56. The fourth-order valence-electron chi connectivity index (χ4n) is 6.33. The Balaban J connectivity index is 0.00000180. The van der Waals surface area contributed by atoms with E-state index in [1.54, 1.807) is 0 Å². The topological polar surface area (TPSA) is 55.3 Å². The second-order valence-electron chi connectivity index (χ2n) is 8.76. The van der Waals surface area contributed by atoms with Crippen LogP contribution in [-0.2, 0) is 14.2 Å². The van der Waals surface area contributed by atoms with E-state index in [1.165, 1.54) is 32.1 Å². The summed E-state index contributed by atoms with van der Waals surface area (Å²) in [6.45, 7) is 4.37. The Labute approximate surface area is 179 Å². The van der Waals surface area contributed by atoms with Crippen molar-refractivity contribution in [3.8, 4) is 0 Å². The smallest absolute Gasteiger partial charge is 0.194 e. The molecule has 0 aromatic heterocycles. The predicted molar refractivity (Wildman–Crippen MR) is 115 cm³/mol. The Morgan fingerprint density at radius 3 is 2.56 bits per heavy atom. The number of rotatable bonds is 2. The number of hydrogen-bond donors (Lipinski definition) is 1. The molecule has 0 aromatic carbocycles. The molecule has 2 saturated carbocycles. The van der Waals surface area contributed by atoms with Crippen molar-refractivity contribution < 1.29 is 14.2 Å². The van der Waals surface area contributed by atoms with Crippen molar-refractivity contribution in [3.05, 3.63) is 0 Å². The molecule has 2 aliphatic carbocycles. The highest BCUT2D eigenvalue weighted by Gasteiger charge is 2.65. The van der Waals surface area contributed by atoms with Crippen molar-refractivity contribution in [2.24, 2.45) is 16.3 Å². The Hall–Kier alpha value is -0.120. The first-order valence-corrected chi connectivity index (χ1v) is 10.6. The first kappa shape index (κ1) is 20.2. The molecule has 3 aliphatic heterocycles. The third-order valence-electron chi connectivity index (χ3n) is 7.56. The molecule has 5 aliphatic rings. The number of fused-ring (bicyclic) bond motifs is 2. The minimum absolute atomic E-state index is 0. The second kappa shape index (κ2) is 8.32. The number of guanidine groups is 1. The molecule has 5 rings (SSSR count). The van der Waals surface area contributed by atoms with Gasteiger partial charge in [-0.1, -0.05) is 12.8 Å². The van der Waals surface area contributed by atoms with Crippen LogP contribution < -0.4 is 5.32 Å². The molecule has 5 fully saturated rings. The number of halogens is 1. The van der Waals surface area contributed by atoms with Gasteiger partial charge in [-0.05, 0) is 32.1 Å². The molecule has 154 valence electrons. The van der Waals surface area contributed by atoms with Gasteiger partial charge in [-0.15, -0.1) is 24.0 Å². The average Bonchev–Trinajstić information content (AvgIpc) is 3.42. The summed E-state index contributed by atoms with van der Waals surface area (Å²) in [7, 11) is 1.92. The van der Waals surface area contributed by atoms with Crippen LogP contribution in [-0.4, -0.2) is 75.2 Å². The monoisotopic (exact) mass is 491 g/mol. The number of morpholine rings is 1. The minimum Gasteiger partial charge on any atom is -0.377 e. The van der Waals surface area contributed by atoms with Gasteiger partial charge in [0.2, 0.25) is 0 Å². The maximum atomic E-state index is 6.14. The van der Waals surface area contributed by atoms with Crippen LogP contribution in [0.3, 0.4) is 0 Å². The van der Waals surface area contributed by atoms with Gasteiger partial charge < -0.3 is 24.4 Å². The Morgan fingerprint density at radius 2 is 1.81 bits per heavy atom. The van der Waals surface area contributed by atoms with E-state index >= 15 is 0 Å². The van der Waals surface area contributed by atoms with E-state index in [0.29, 0.717) is 23.5 Å². The fourth-order valence-corrected chi connectivity index (χ4v) is 6.33. The first-order valence-electron chi connectivity index (χ1n) is 10.6. The van der Waals surface area contributed by atoms with Crippen LogP contribution in [0.4, 0.5) is 0 Å². The van der Waals surface area contributed by atoms with Gasteiger partial charge in [-0.3, -0.25) is 4.99 Å². The zero-order valence-electron chi connectivity index (χ0n) is 16.4. The van der Waals surface area contributed by atoms with E-state index in [1.807, 2.05) is 7.05 Å². The highest BCUT2D eigenvalue weighted by atomic mass is 127. The molecule has 0 amide bonds. The number of ether oxygens (including phenoxy) is 3. The second-order valence-corrected chi connectivity index (χ2v) is 8.76. The van der Waals surface area contributed by atoms with Gasteiger partial charge in [0.05, 0.1) is 18.8 Å². The molecule has 3 heterocycles. The summed E-state index contributed by atoms with van der Waals surface area (Å²) >= 11 is 0. The zero-order chi connectivity index (χ0) is 17.6. The van der Waals surface area contributed by atoms with Gasteiger partial charge in [0.1, 0.15) is 6.10 Å². The summed E-state index contributed by atoms with van der Waals surface area (Å²) in [5.41, 5.74) is 0.358. The number of nitrogens with one attached hydrogen (secondary N) is 1. The molecule has 5 unspecified atom stereocenters. The van der Waals surface area contributed by atoms with E-state index in [9.17, 15) is 0 Å². The third kappa shape index (κ3) is 3.40. The minimum atomic E-state index is 0. The Morgan fingerprint density at radius 1 is 1.00 bits per heavy atom. The van der Waals surface area contributed by atoms with E-state index in [4.69, 9.17) is 14.2 Å². The van der Waals surface area contributed by atoms with E-state index in [0.717, 1.165) is 51.7 Å². The molecule has 1 spiro atoms. The van der Waals surface area contributed by atoms with Crippen LogP contribution in [0.25, 0.3) is 0 Å². The maximum absolute atomic E-state index is 6.14. The van der Waals surface area contributed by atoms with Crippen molar-refractivity contribution in [3.63, 3.8) is 0 Å². The maximum Gasteiger partial charge on any atom is 0.194 e. The summed E-state index contributed by atoms with van der Waals surface area (Å²) in [6.07, 6.45) is 9.72. The first-order chi connectivity index (χ1) is 12.8. The van der Waals surface area contributed by atoms with Crippen LogP contribution >= 0.6 is 24.0 Å². The van der Waals surface area contributed by atoms with Gasteiger partial charge in [0, 0.05) is 50.7 Å². The Kier molecular flexibility index (Phi) is 6.21. The molecule has 1 N–H and O–H groups in total. The summed E-state index contributed by atoms with van der Waals surface area (Å²) < 4.78 is 18.0. The average molecular weight is 491 g/mol. The lowest BCUT2D eigenvalue weighted by Crippen LogP contribution is -2.70. The van der Waals surface area contributed by atoms with E-state index < -0.39 is 0 Å². The van der Waals surface area contributed by atoms with Gasteiger partial charge in [-0.2, -0.15) is 0 Å². The number of hydrogen-bond acceptors (Lipinski definition) is 4. The normalized spacial score (nSPS) is 40.6. The van der Waals surface area contributed by atoms with Crippen molar-refractivity contribution in [1.82, 2.24) is 10.2 Å². The number of nitrogens with zero attached hydrogens (tertiary/aromatic N) is 2. The van der Waals surface area contributed by atoms with Crippen LogP contribution in [0, 0.1) is 11.3 Å². The van der Waals surface area contributed by atoms with Crippen LogP contribution in [0.15, 0.2) is 4.99 Å².